The van der Waals surface area contributed by atoms with E-state index < -0.39 is 0 Å². The number of aromatic nitrogens is 5. The third-order valence-electron chi connectivity index (χ3n) is 3.35. The SMILES string of the molecule is c1cc(-c2nc3c4c(ncn3n2)CCC4)ccn1. The maximum atomic E-state index is 4.64. The second kappa shape index (κ2) is 3.60. The first-order valence-corrected chi connectivity index (χ1v) is 6.05. The Balaban J connectivity index is 1.95. The lowest BCUT2D eigenvalue weighted by atomic mass is 10.2. The number of hydrogen-bond donors (Lipinski definition) is 0. The highest BCUT2D eigenvalue weighted by Gasteiger charge is 2.18. The highest BCUT2D eigenvalue weighted by atomic mass is 15.3. The van der Waals surface area contributed by atoms with Crippen LogP contribution in [0.5, 0.6) is 0 Å². The average molecular weight is 237 g/mol. The van der Waals surface area contributed by atoms with Crippen LogP contribution in [0.3, 0.4) is 0 Å². The Morgan fingerprint density at radius 2 is 2.00 bits per heavy atom. The van der Waals surface area contributed by atoms with Gasteiger partial charge in [-0.05, 0) is 31.4 Å². The molecule has 88 valence electrons. The molecule has 0 bridgehead atoms. The minimum absolute atomic E-state index is 0.736. The summed E-state index contributed by atoms with van der Waals surface area (Å²) >= 11 is 0. The van der Waals surface area contributed by atoms with E-state index in [2.05, 4.69) is 20.1 Å². The van der Waals surface area contributed by atoms with E-state index in [1.165, 1.54) is 17.7 Å². The predicted molar refractivity (Wildman–Crippen MR) is 66.0 cm³/mol. The van der Waals surface area contributed by atoms with Crippen LogP contribution in [0.2, 0.25) is 0 Å². The molecule has 3 aromatic heterocycles. The van der Waals surface area contributed by atoms with Crippen molar-refractivity contribution in [3.8, 4) is 11.4 Å². The molecule has 0 radical (unpaired) electrons. The first-order valence-electron chi connectivity index (χ1n) is 6.05. The van der Waals surface area contributed by atoms with Gasteiger partial charge >= 0.3 is 0 Å². The lowest BCUT2D eigenvalue weighted by Gasteiger charge is -1.97. The van der Waals surface area contributed by atoms with Gasteiger partial charge in [-0.3, -0.25) is 4.98 Å². The standard InChI is InChI=1S/C13H11N5/c1-2-10-11(3-1)15-8-18-13(10)16-12(17-18)9-4-6-14-7-5-9/h4-8H,1-3H2. The van der Waals surface area contributed by atoms with Crippen molar-refractivity contribution in [3.63, 3.8) is 0 Å². The van der Waals surface area contributed by atoms with E-state index in [4.69, 9.17) is 0 Å². The van der Waals surface area contributed by atoms with Crippen LogP contribution in [0.15, 0.2) is 30.9 Å². The minimum atomic E-state index is 0.736. The first-order chi connectivity index (χ1) is 8.92. The summed E-state index contributed by atoms with van der Waals surface area (Å²) in [6.07, 6.45) is 8.55. The van der Waals surface area contributed by atoms with Gasteiger partial charge in [-0.25, -0.2) is 14.5 Å². The lowest BCUT2D eigenvalue weighted by molar-refractivity contribution is 0.888. The topological polar surface area (TPSA) is 56.0 Å². The number of pyridine rings is 1. The smallest absolute Gasteiger partial charge is 0.182 e. The van der Waals surface area contributed by atoms with Gasteiger partial charge in [-0.15, -0.1) is 5.10 Å². The Labute approximate surface area is 104 Å². The molecule has 0 saturated heterocycles. The minimum Gasteiger partial charge on any atom is -0.265 e. The van der Waals surface area contributed by atoms with Gasteiger partial charge in [-0.1, -0.05) is 0 Å². The van der Waals surface area contributed by atoms with Gasteiger partial charge in [-0.2, -0.15) is 0 Å². The van der Waals surface area contributed by atoms with Crippen molar-refractivity contribution in [1.29, 1.82) is 0 Å². The molecule has 5 heteroatoms. The molecule has 1 aliphatic rings. The molecule has 0 aromatic carbocycles. The normalized spacial score (nSPS) is 14.0. The molecule has 18 heavy (non-hydrogen) atoms. The highest BCUT2D eigenvalue weighted by Crippen LogP contribution is 2.24. The van der Waals surface area contributed by atoms with E-state index in [9.17, 15) is 0 Å². The second-order valence-electron chi connectivity index (χ2n) is 4.46. The van der Waals surface area contributed by atoms with Crippen LogP contribution in [0, 0.1) is 0 Å². The van der Waals surface area contributed by atoms with Crippen LogP contribution in [0.4, 0.5) is 0 Å². The van der Waals surface area contributed by atoms with Gasteiger partial charge in [0.2, 0.25) is 0 Å². The molecule has 0 unspecified atom stereocenters. The Bertz CT molecular complexity index is 717. The van der Waals surface area contributed by atoms with Gasteiger partial charge in [0.25, 0.3) is 0 Å². The summed E-state index contributed by atoms with van der Waals surface area (Å²) in [5, 5.41) is 4.48. The number of fused-ring (bicyclic) bond motifs is 3. The molecule has 3 aromatic rings. The van der Waals surface area contributed by atoms with Gasteiger partial charge in [0.1, 0.15) is 6.33 Å². The Morgan fingerprint density at radius 1 is 1.11 bits per heavy atom. The van der Waals surface area contributed by atoms with Crippen molar-refractivity contribution >= 4 is 5.65 Å². The lowest BCUT2D eigenvalue weighted by Crippen LogP contribution is -1.96. The summed E-state index contributed by atoms with van der Waals surface area (Å²) in [4.78, 5) is 13.1. The third-order valence-corrected chi connectivity index (χ3v) is 3.35. The molecule has 4 rings (SSSR count). The Hall–Kier alpha value is -2.30. The molecule has 0 spiro atoms. The zero-order chi connectivity index (χ0) is 11.9. The molecular formula is C13H11N5. The fourth-order valence-electron chi connectivity index (χ4n) is 2.47. The molecule has 3 heterocycles. The van der Waals surface area contributed by atoms with E-state index in [-0.39, 0.29) is 0 Å². The molecule has 0 atom stereocenters. The quantitative estimate of drug-likeness (QED) is 0.646. The molecule has 5 nitrogen and oxygen atoms in total. The molecule has 0 aliphatic heterocycles. The van der Waals surface area contributed by atoms with Crippen LogP contribution >= 0.6 is 0 Å². The first kappa shape index (κ1) is 9.70. The van der Waals surface area contributed by atoms with Crippen LogP contribution in [0.1, 0.15) is 17.7 Å². The number of aryl methyl sites for hydroxylation is 2. The van der Waals surface area contributed by atoms with Crippen molar-refractivity contribution in [1.82, 2.24) is 24.6 Å². The zero-order valence-electron chi connectivity index (χ0n) is 9.74. The van der Waals surface area contributed by atoms with Crippen molar-refractivity contribution in [3.05, 3.63) is 42.1 Å². The highest BCUT2D eigenvalue weighted by molar-refractivity contribution is 5.60. The fraction of sp³-hybridized carbons (Fsp3) is 0.231. The van der Waals surface area contributed by atoms with Crippen LogP contribution in [-0.2, 0) is 12.8 Å². The van der Waals surface area contributed by atoms with E-state index in [1.54, 1.807) is 23.2 Å². The summed E-state index contributed by atoms with van der Waals surface area (Å²) in [5.41, 5.74) is 4.37. The Kier molecular flexibility index (Phi) is 1.94. The van der Waals surface area contributed by atoms with E-state index in [0.717, 1.165) is 29.9 Å². The van der Waals surface area contributed by atoms with Gasteiger partial charge in [0.15, 0.2) is 11.5 Å². The van der Waals surface area contributed by atoms with Crippen LogP contribution in [0.25, 0.3) is 17.0 Å². The molecular weight excluding hydrogens is 226 g/mol. The predicted octanol–water partition coefficient (Wildman–Crippen LogP) is 1.67. The summed E-state index contributed by atoms with van der Waals surface area (Å²) in [7, 11) is 0. The maximum absolute atomic E-state index is 4.64. The number of nitrogens with zero attached hydrogens (tertiary/aromatic N) is 5. The number of hydrogen-bond acceptors (Lipinski definition) is 4. The average Bonchev–Trinajstić information content (AvgIpc) is 3.05. The summed E-state index contributed by atoms with van der Waals surface area (Å²) in [5.74, 6) is 0.736. The monoisotopic (exact) mass is 237 g/mol. The molecule has 0 saturated carbocycles. The van der Waals surface area contributed by atoms with E-state index in [0.29, 0.717) is 0 Å². The summed E-state index contributed by atoms with van der Waals surface area (Å²) in [6.45, 7) is 0. The Morgan fingerprint density at radius 3 is 2.89 bits per heavy atom. The van der Waals surface area contributed by atoms with E-state index in [1.807, 2.05) is 12.1 Å². The van der Waals surface area contributed by atoms with Crippen molar-refractivity contribution in [2.24, 2.45) is 0 Å². The molecule has 0 fully saturated rings. The largest absolute Gasteiger partial charge is 0.265 e. The van der Waals surface area contributed by atoms with Crippen molar-refractivity contribution in [2.45, 2.75) is 19.3 Å². The van der Waals surface area contributed by atoms with Gasteiger partial charge < -0.3 is 0 Å². The number of rotatable bonds is 1. The van der Waals surface area contributed by atoms with Crippen molar-refractivity contribution in [2.75, 3.05) is 0 Å². The maximum Gasteiger partial charge on any atom is 0.182 e. The van der Waals surface area contributed by atoms with Gasteiger partial charge in [0.05, 0.1) is 0 Å². The van der Waals surface area contributed by atoms with Gasteiger partial charge in [0, 0.05) is 29.2 Å². The fourth-order valence-corrected chi connectivity index (χ4v) is 2.47. The molecule has 1 aliphatic carbocycles. The van der Waals surface area contributed by atoms with Crippen LogP contribution < -0.4 is 0 Å². The molecule has 0 N–H and O–H groups in total. The zero-order valence-corrected chi connectivity index (χ0v) is 9.74. The summed E-state index contributed by atoms with van der Waals surface area (Å²) in [6, 6.07) is 3.84. The second-order valence-corrected chi connectivity index (χ2v) is 4.46. The van der Waals surface area contributed by atoms with E-state index >= 15 is 0 Å². The third kappa shape index (κ3) is 1.33. The summed E-state index contributed by atoms with van der Waals surface area (Å²) < 4.78 is 1.78. The molecule has 0 amide bonds. The van der Waals surface area contributed by atoms with Crippen LogP contribution in [-0.4, -0.2) is 24.6 Å². The van der Waals surface area contributed by atoms with Crippen molar-refractivity contribution < 1.29 is 0 Å².